The van der Waals surface area contributed by atoms with E-state index in [1.807, 2.05) is 0 Å². The Morgan fingerprint density at radius 2 is 2.11 bits per heavy atom. The summed E-state index contributed by atoms with van der Waals surface area (Å²) < 4.78 is 2.28. The third kappa shape index (κ3) is 2.24. The second-order valence-electron chi connectivity index (χ2n) is 3.59. The predicted molar refractivity (Wildman–Crippen MR) is 74.5 cm³/mol. The molecule has 0 aliphatic carbocycles. The van der Waals surface area contributed by atoms with Crippen molar-refractivity contribution in [3.63, 3.8) is 0 Å². The molecule has 6 nitrogen and oxygen atoms in total. The summed E-state index contributed by atoms with van der Waals surface area (Å²) in [5.74, 6) is 0.441. The van der Waals surface area contributed by atoms with Crippen molar-refractivity contribution in [1.82, 2.24) is 30.4 Å². The van der Waals surface area contributed by atoms with Crippen LogP contribution < -0.4 is 0 Å². The van der Waals surface area contributed by atoms with Gasteiger partial charge in [-0.05, 0) is 39.3 Å². The highest BCUT2D eigenvalue weighted by atomic mass is 79.9. The summed E-state index contributed by atoms with van der Waals surface area (Å²) in [6.07, 6.45) is 1.62. The van der Waals surface area contributed by atoms with Crippen LogP contribution in [0.4, 0.5) is 0 Å². The number of H-pyrrole nitrogens is 1. The highest BCUT2D eigenvalue weighted by molar-refractivity contribution is 9.10. The van der Waals surface area contributed by atoms with E-state index in [1.165, 1.54) is 0 Å². The highest BCUT2D eigenvalue weighted by Crippen LogP contribution is 2.31. The van der Waals surface area contributed by atoms with Crippen LogP contribution in [0.25, 0.3) is 17.1 Å². The summed E-state index contributed by atoms with van der Waals surface area (Å²) in [5.41, 5.74) is 1.36. The molecule has 0 aliphatic heterocycles. The van der Waals surface area contributed by atoms with Gasteiger partial charge in [-0.25, -0.2) is 4.68 Å². The van der Waals surface area contributed by atoms with Gasteiger partial charge in [-0.3, -0.25) is 0 Å². The fourth-order valence-electron chi connectivity index (χ4n) is 1.58. The van der Waals surface area contributed by atoms with Crippen LogP contribution in [0, 0.1) is 0 Å². The Morgan fingerprint density at radius 3 is 2.84 bits per heavy atom. The smallest absolute Gasteiger partial charge is 0.209 e. The lowest BCUT2D eigenvalue weighted by Crippen LogP contribution is -1.97. The maximum Gasteiger partial charge on any atom is 0.209 e. The summed E-state index contributed by atoms with van der Waals surface area (Å²) in [5, 5.41) is 19.1. The molecule has 0 radical (unpaired) electrons. The highest BCUT2D eigenvalue weighted by Gasteiger charge is 2.16. The summed E-state index contributed by atoms with van der Waals surface area (Å²) in [6.45, 7) is 0. The second kappa shape index (κ2) is 4.92. The molecule has 0 unspecified atom stereocenters. The van der Waals surface area contributed by atoms with E-state index in [9.17, 15) is 0 Å². The van der Waals surface area contributed by atoms with Gasteiger partial charge in [0.05, 0.1) is 22.5 Å². The molecular formula is C10H5BrCl2N6. The van der Waals surface area contributed by atoms with Crippen LogP contribution in [0.2, 0.25) is 10.0 Å². The lowest BCUT2D eigenvalue weighted by atomic mass is 10.3. The number of rotatable bonds is 2. The molecular weight excluding hydrogens is 355 g/mol. The first kappa shape index (κ1) is 12.6. The van der Waals surface area contributed by atoms with Crippen LogP contribution in [-0.2, 0) is 0 Å². The van der Waals surface area contributed by atoms with E-state index in [0.29, 0.717) is 31.7 Å². The first-order valence-electron chi connectivity index (χ1n) is 5.09. The van der Waals surface area contributed by atoms with E-state index in [0.717, 1.165) is 0 Å². The average molecular weight is 360 g/mol. The minimum atomic E-state index is 0.441. The molecule has 19 heavy (non-hydrogen) atoms. The van der Waals surface area contributed by atoms with Crippen molar-refractivity contribution in [2.75, 3.05) is 0 Å². The third-order valence-electron chi connectivity index (χ3n) is 2.43. The number of aromatic nitrogens is 6. The zero-order chi connectivity index (χ0) is 13.4. The van der Waals surface area contributed by atoms with Crippen LogP contribution in [0.5, 0.6) is 0 Å². The molecule has 3 aromatic rings. The monoisotopic (exact) mass is 358 g/mol. The van der Waals surface area contributed by atoms with Crippen molar-refractivity contribution < 1.29 is 0 Å². The Kier molecular flexibility index (Phi) is 3.26. The van der Waals surface area contributed by atoms with Gasteiger partial charge < -0.3 is 0 Å². The largest absolute Gasteiger partial charge is 0.224 e. The van der Waals surface area contributed by atoms with Crippen LogP contribution in [-0.4, -0.2) is 30.4 Å². The van der Waals surface area contributed by atoms with Crippen molar-refractivity contribution in [2.24, 2.45) is 0 Å². The van der Waals surface area contributed by atoms with E-state index in [4.69, 9.17) is 23.2 Å². The van der Waals surface area contributed by atoms with Crippen LogP contribution in [0.1, 0.15) is 0 Å². The van der Waals surface area contributed by atoms with Crippen molar-refractivity contribution in [3.8, 4) is 17.1 Å². The number of halogens is 3. The second-order valence-corrected chi connectivity index (χ2v) is 5.19. The summed E-state index contributed by atoms with van der Waals surface area (Å²) in [4.78, 5) is 0. The van der Waals surface area contributed by atoms with Gasteiger partial charge in [0.25, 0.3) is 0 Å². The molecule has 1 N–H and O–H groups in total. The Balaban J connectivity index is 2.15. The van der Waals surface area contributed by atoms with Gasteiger partial charge in [-0.2, -0.15) is 10.3 Å². The first-order chi connectivity index (χ1) is 9.16. The van der Waals surface area contributed by atoms with Gasteiger partial charge in [0, 0.05) is 5.02 Å². The van der Waals surface area contributed by atoms with Gasteiger partial charge in [-0.15, -0.1) is 10.2 Å². The van der Waals surface area contributed by atoms with Gasteiger partial charge in [0.15, 0.2) is 0 Å². The molecule has 0 fully saturated rings. The summed E-state index contributed by atoms with van der Waals surface area (Å²) in [6, 6.07) is 5.15. The minimum absolute atomic E-state index is 0.441. The normalized spacial score (nSPS) is 10.9. The molecule has 2 heterocycles. The molecule has 1 aromatic carbocycles. The van der Waals surface area contributed by atoms with Crippen molar-refractivity contribution in [1.29, 1.82) is 0 Å². The average Bonchev–Trinajstić information content (AvgIpc) is 3.01. The number of benzene rings is 1. The maximum atomic E-state index is 6.15. The molecule has 0 saturated carbocycles. The van der Waals surface area contributed by atoms with Crippen LogP contribution >= 0.6 is 39.1 Å². The molecule has 0 saturated heterocycles. The van der Waals surface area contributed by atoms with Gasteiger partial charge >= 0.3 is 0 Å². The molecule has 0 aliphatic rings. The Morgan fingerprint density at radius 1 is 1.26 bits per heavy atom. The quantitative estimate of drug-likeness (QED) is 0.762. The Bertz CT molecular complexity index is 724. The van der Waals surface area contributed by atoms with E-state index in [-0.39, 0.29) is 0 Å². The van der Waals surface area contributed by atoms with Crippen LogP contribution in [0.3, 0.4) is 0 Å². The number of tetrazole rings is 1. The van der Waals surface area contributed by atoms with Gasteiger partial charge in [-0.1, -0.05) is 23.2 Å². The lowest BCUT2D eigenvalue weighted by molar-refractivity contribution is 0.861. The predicted octanol–water partition coefficient (Wildman–Crippen LogP) is 3.12. The maximum absolute atomic E-state index is 6.15. The number of nitrogens with one attached hydrogen (secondary N) is 1. The van der Waals surface area contributed by atoms with E-state index in [2.05, 4.69) is 41.7 Å². The fraction of sp³-hybridized carbons (Fsp3) is 0. The summed E-state index contributed by atoms with van der Waals surface area (Å²) in [7, 11) is 0. The Hall–Kier alpha value is -1.44. The molecule has 96 valence electrons. The van der Waals surface area contributed by atoms with E-state index in [1.54, 1.807) is 29.1 Å². The molecule has 0 atom stereocenters. The third-order valence-corrected chi connectivity index (χ3v) is 3.75. The van der Waals surface area contributed by atoms with Crippen molar-refractivity contribution in [2.45, 2.75) is 0 Å². The topological polar surface area (TPSA) is 72.3 Å². The minimum Gasteiger partial charge on any atom is -0.224 e. The van der Waals surface area contributed by atoms with Gasteiger partial charge in [0.1, 0.15) is 4.60 Å². The lowest BCUT2D eigenvalue weighted by Gasteiger charge is -2.06. The number of hydrogen-bond donors (Lipinski definition) is 1. The molecule has 2 aromatic heterocycles. The fourth-order valence-corrected chi connectivity index (χ4v) is 2.50. The van der Waals surface area contributed by atoms with Crippen molar-refractivity contribution in [3.05, 3.63) is 39.0 Å². The zero-order valence-electron chi connectivity index (χ0n) is 9.18. The number of hydrogen-bond acceptors (Lipinski definition) is 4. The molecule has 0 spiro atoms. The standard InChI is InChI=1S/C10H5BrCl2N6/c11-9-6(10-15-17-18-16-10)4-14-19(9)8-3-5(12)1-2-7(8)13/h1-4H,(H,15,16,17,18). The molecule has 0 bridgehead atoms. The number of aromatic amines is 1. The summed E-state index contributed by atoms with van der Waals surface area (Å²) >= 11 is 15.6. The van der Waals surface area contributed by atoms with E-state index >= 15 is 0 Å². The Labute approximate surface area is 125 Å². The van der Waals surface area contributed by atoms with Crippen LogP contribution in [0.15, 0.2) is 29.0 Å². The van der Waals surface area contributed by atoms with Crippen molar-refractivity contribution >= 4 is 39.1 Å². The molecule has 0 amide bonds. The SMILES string of the molecule is Clc1ccc(Cl)c(-n2ncc(-c3nn[nH]n3)c2Br)c1. The first-order valence-corrected chi connectivity index (χ1v) is 6.64. The molecule has 9 heteroatoms. The van der Waals surface area contributed by atoms with E-state index < -0.39 is 0 Å². The molecule has 3 rings (SSSR count). The zero-order valence-corrected chi connectivity index (χ0v) is 12.3. The van der Waals surface area contributed by atoms with Gasteiger partial charge in [0.2, 0.25) is 5.82 Å². The number of nitrogens with zero attached hydrogens (tertiary/aromatic N) is 5.